The second kappa shape index (κ2) is 8.27. The zero-order valence-electron chi connectivity index (χ0n) is 18.7. The third-order valence-corrected chi connectivity index (χ3v) is 6.09. The van der Waals surface area contributed by atoms with Gasteiger partial charge in [-0.3, -0.25) is 24.3 Å². The van der Waals surface area contributed by atoms with E-state index >= 15 is 0 Å². The second-order valence-corrected chi connectivity index (χ2v) is 8.87. The third-order valence-electron chi connectivity index (χ3n) is 6.09. The molecule has 8 nitrogen and oxygen atoms in total. The Morgan fingerprint density at radius 1 is 0.939 bits per heavy atom. The van der Waals surface area contributed by atoms with Gasteiger partial charge in [0.2, 0.25) is 0 Å². The van der Waals surface area contributed by atoms with Crippen LogP contribution >= 0.6 is 0 Å². The number of fused-ring (bicyclic) bond motifs is 2. The number of carbonyl (C=O) groups excluding carboxylic acids is 3. The predicted octanol–water partition coefficient (Wildman–Crippen LogP) is 2.84. The lowest BCUT2D eigenvalue weighted by molar-refractivity contribution is 0.0635. The van der Waals surface area contributed by atoms with E-state index in [-0.39, 0.29) is 23.6 Å². The molecular formula is C25H25N5O3. The Morgan fingerprint density at radius 2 is 1.64 bits per heavy atom. The minimum Gasteiger partial charge on any atom is -0.352 e. The highest BCUT2D eigenvalue weighted by Gasteiger charge is 2.36. The highest BCUT2D eigenvalue weighted by Crippen LogP contribution is 2.26. The molecule has 2 aromatic carbocycles. The smallest absolute Gasteiger partial charge is 0.261 e. The van der Waals surface area contributed by atoms with E-state index in [2.05, 4.69) is 9.88 Å². The van der Waals surface area contributed by atoms with Crippen molar-refractivity contribution in [2.45, 2.75) is 13.8 Å². The second-order valence-electron chi connectivity index (χ2n) is 8.87. The molecule has 0 saturated carbocycles. The van der Waals surface area contributed by atoms with Crippen LogP contribution in [-0.2, 0) is 0 Å². The Bertz CT molecular complexity index is 1260. The molecule has 1 fully saturated rings. The van der Waals surface area contributed by atoms with Crippen molar-refractivity contribution >= 4 is 34.6 Å². The van der Waals surface area contributed by atoms with Crippen molar-refractivity contribution in [1.82, 2.24) is 19.8 Å². The standard InChI is InChI=1S/C25H25N5O3/c1-16(2)15-30-24(32)18-8-7-17(13-19(18)25(30)33)23(31)29-11-9-28(10-12-29)22-14-26-20-5-3-4-6-21(20)27-22/h3-8,13-14,16H,9-12,15H2,1-2H3. The first-order valence-electron chi connectivity index (χ1n) is 11.2. The molecule has 0 N–H and O–H groups in total. The van der Waals surface area contributed by atoms with E-state index in [1.165, 1.54) is 4.90 Å². The van der Waals surface area contributed by atoms with Crippen LogP contribution in [0.25, 0.3) is 11.0 Å². The molecule has 0 bridgehead atoms. The Kier molecular flexibility index (Phi) is 5.28. The summed E-state index contributed by atoms with van der Waals surface area (Å²) in [5.74, 6) is 0.236. The van der Waals surface area contributed by atoms with Gasteiger partial charge in [0, 0.05) is 38.3 Å². The van der Waals surface area contributed by atoms with Crippen LogP contribution in [0, 0.1) is 5.92 Å². The van der Waals surface area contributed by atoms with Crippen molar-refractivity contribution in [3.05, 3.63) is 65.4 Å². The summed E-state index contributed by atoms with van der Waals surface area (Å²) in [6, 6.07) is 12.6. The molecule has 0 spiro atoms. The normalized spacial score (nSPS) is 16.2. The van der Waals surface area contributed by atoms with Crippen molar-refractivity contribution in [1.29, 1.82) is 0 Å². The van der Waals surface area contributed by atoms with Crippen LogP contribution in [0.4, 0.5) is 5.82 Å². The van der Waals surface area contributed by atoms with E-state index in [0.717, 1.165) is 16.9 Å². The van der Waals surface area contributed by atoms with Crippen molar-refractivity contribution in [2.75, 3.05) is 37.6 Å². The molecule has 0 unspecified atom stereocenters. The fourth-order valence-electron chi connectivity index (χ4n) is 4.38. The predicted molar refractivity (Wildman–Crippen MR) is 124 cm³/mol. The molecule has 2 aliphatic heterocycles. The monoisotopic (exact) mass is 443 g/mol. The van der Waals surface area contributed by atoms with E-state index in [1.807, 2.05) is 38.1 Å². The van der Waals surface area contributed by atoms with Crippen molar-refractivity contribution in [3.8, 4) is 0 Å². The highest BCUT2D eigenvalue weighted by atomic mass is 16.2. The summed E-state index contributed by atoms with van der Waals surface area (Å²) in [6.45, 7) is 6.65. The topological polar surface area (TPSA) is 86.7 Å². The van der Waals surface area contributed by atoms with Crippen LogP contribution in [-0.4, -0.2) is 70.2 Å². The van der Waals surface area contributed by atoms with E-state index in [0.29, 0.717) is 49.4 Å². The first kappa shape index (κ1) is 21.1. The van der Waals surface area contributed by atoms with Gasteiger partial charge < -0.3 is 9.80 Å². The molecule has 3 aromatic rings. The van der Waals surface area contributed by atoms with E-state index < -0.39 is 0 Å². The number of hydrogen-bond acceptors (Lipinski definition) is 6. The van der Waals surface area contributed by atoms with E-state index in [4.69, 9.17) is 4.98 Å². The van der Waals surface area contributed by atoms with Gasteiger partial charge in [-0.05, 0) is 36.2 Å². The first-order valence-corrected chi connectivity index (χ1v) is 11.2. The van der Waals surface area contributed by atoms with Crippen LogP contribution in [0.3, 0.4) is 0 Å². The summed E-state index contributed by atoms with van der Waals surface area (Å²) in [5, 5.41) is 0. The molecule has 5 rings (SSSR count). The minimum absolute atomic E-state index is 0.135. The van der Waals surface area contributed by atoms with Crippen LogP contribution < -0.4 is 4.90 Å². The number of amides is 3. The molecule has 8 heteroatoms. The van der Waals surface area contributed by atoms with Gasteiger partial charge in [-0.2, -0.15) is 0 Å². The number of anilines is 1. The van der Waals surface area contributed by atoms with Crippen LogP contribution in [0.15, 0.2) is 48.7 Å². The Hall–Kier alpha value is -3.81. The van der Waals surface area contributed by atoms with Gasteiger partial charge in [-0.25, -0.2) is 4.98 Å². The van der Waals surface area contributed by atoms with Gasteiger partial charge in [-0.1, -0.05) is 26.0 Å². The highest BCUT2D eigenvalue weighted by molar-refractivity contribution is 6.22. The third kappa shape index (κ3) is 3.82. The molecule has 3 heterocycles. The maximum atomic E-state index is 13.1. The fourth-order valence-corrected chi connectivity index (χ4v) is 4.38. The SMILES string of the molecule is CC(C)CN1C(=O)c2ccc(C(=O)N3CCN(c4cnc5ccccc5n4)CC3)cc2C1=O. The number of hydrogen-bond donors (Lipinski definition) is 0. The maximum absolute atomic E-state index is 13.1. The summed E-state index contributed by atoms with van der Waals surface area (Å²) < 4.78 is 0. The lowest BCUT2D eigenvalue weighted by atomic mass is 10.0. The fraction of sp³-hybridized carbons (Fsp3) is 0.320. The van der Waals surface area contributed by atoms with Gasteiger partial charge >= 0.3 is 0 Å². The average molecular weight is 444 g/mol. The molecule has 1 aromatic heterocycles. The molecule has 168 valence electrons. The molecule has 0 aliphatic carbocycles. The van der Waals surface area contributed by atoms with Gasteiger partial charge in [0.05, 0.1) is 28.4 Å². The molecule has 2 aliphatic rings. The molecule has 33 heavy (non-hydrogen) atoms. The number of aromatic nitrogens is 2. The van der Waals surface area contributed by atoms with Crippen LogP contribution in [0.1, 0.15) is 44.9 Å². The summed E-state index contributed by atoms with van der Waals surface area (Å²) >= 11 is 0. The number of para-hydroxylation sites is 2. The molecule has 1 saturated heterocycles. The lowest BCUT2D eigenvalue weighted by Gasteiger charge is -2.35. The van der Waals surface area contributed by atoms with Gasteiger partial charge in [0.25, 0.3) is 17.7 Å². The largest absolute Gasteiger partial charge is 0.352 e. The lowest BCUT2D eigenvalue weighted by Crippen LogP contribution is -2.49. The summed E-state index contributed by atoms with van der Waals surface area (Å²) in [5.41, 5.74) is 2.82. The average Bonchev–Trinajstić information content (AvgIpc) is 3.07. The van der Waals surface area contributed by atoms with Gasteiger partial charge in [0.1, 0.15) is 5.82 Å². The van der Waals surface area contributed by atoms with Crippen molar-refractivity contribution in [2.24, 2.45) is 5.92 Å². The zero-order valence-corrected chi connectivity index (χ0v) is 18.7. The van der Waals surface area contributed by atoms with Gasteiger partial charge in [0.15, 0.2) is 0 Å². The first-order chi connectivity index (χ1) is 15.9. The summed E-state index contributed by atoms with van der Waals surface area (Å²) in [4.78, 5) is 52.8. The van der Waals surface area contributed by atoms with Crippen LogP contribution in [0.2, 0.25) is 0 Å². The maximum Gasteiger partial charge on any atom is 0.261 e. The number of carbonyl (C=O) groups is 3. The minimum atomic E-state index is -0.321. The quantitative estimate of drug-likeness (QED) is 0.577. The number of imide groups is 1. The van der Waals surface area contributed by atoms with Crippen LogP contribution in [0.5, 0.6) is 0 Å². The Balaban J connectivity index is 1.28. The number of nitrogens with zero attached hydrogens (tertiary/aromatic N) is 5. The molecule has 0 radical (unpaired) electrons. The van der Waals surface area contributed by atoms with E-state index in [1.54, 1.807) is 29.3 Å². The number of benzene rings is 2. The molecule has 0 atom stereocenters. The number of rotatable bonds is 4. The van der Waals surface area contributed by atoms with Gasteiger partial charge in [-0.15, -0.1) is 0 Å². The Labute approximate surface area is 191 Å². The van der Waals surface area contributed by atoms with Crippen molar-refractivity contribution < 1.29 is 14.4 Å². The number of piperazine rings is 1. The summed E-state index contributed by atoms with van der Waals surface area (Å²) in [6.07, 6.45) is 1.77. The van der Waals surface area contributed by atoms with E-state index in [9.17, 15) is 14.4 Å². The molecule has 3 amide bonds. The zero-order chi connectivity index (χ0) is 23.1. The van der Waals surface area contributed by atoms with Crippen molar-refractivity contribution in [3.63, 3.8) is 0 Å². The molecular weight excluding hydrogens is 418 g/mol. The Morgan fingerprint density at radius 3 is 2.36 bits per heavy atom. The summed E-state index contributed by atoms with van der Waals surface area (Å²) in [7, 11) is 0.